The Kier molecular flexibility index (Phi) is 8.54. The number of fused-ring (bicyclic) bond motifs is 1. The summed E-state index contributed by atoms with van der Waals surface area (Å²) in [7, 11) is 0. The molecule has 4 aromatic rings. The van der Waals surface area contributed by atoms with Crippen LogP contribution in [0.2, 0.25) is 5.02 Å². The SMILES string of the molecule is CCC(C)c1ccc2c(Nc3ccccc3C(=O)OC(C)c3ccc(Cl)cc3)ccnc2c1.Cl. The van der Waals surface area contributed by atoms with E-state index in [1.54, 1.807) is 24.4 Å². The summed E-state index contributed by atoms with van der Waals surface area (Å²) in [4.78, 5) is 17.6. The molecule has 2 unspecified atom stereocenters. The molecule has 0 aliphatic carbocycles. The van der Waals surface area contributed by atoms with Crippen molar-refractivity contribution >= 4 is 52.3 Å². The van der Waals surface area contributed by atoms with Crippen LogP contribution >= 0.6 is 24.0 Å². The Hall–Kier alpha value is -3.08. The normalized spacial score (nSPS) is 12.5. The highest BCUT2D eigenvalue weighted by Crippen LogP contribution is 2.31. The average Bonchev–Trinajstić information content (AvgIpc) is 2.84. The van der Waals surface area contributed by atoms with Crippen LogP contribution in [0.4, 0.5) is 11.4 Å². The van der Waals surface area contributed by atoms with Crippen LogP contribution in [0, 0.1) is 0 Å². The van der Waals surface area contributed by atoms with Crippen LogP contribution in [-0.2, 0) is 4.74 Å². The number of para-hydroxylation sites is 1. The monoisotopic (exact) mass is 494 g/mol. The van der Waals surface area contributed by atoms with Crippen LogP contribution in [0.3, 0.4) is 0 Å². The predicted molar refractivity (Wildman–Crippen MR) is 143 cm³/mol. The number of aromatic nitrogens is 1. The quantitative estimate of drug-likeness (QED) is 0.261. The number of nitrogens with one attached hydrogen (secondary N) is 1. The summed E-state index contributed by atoms with van der Waals surface area (Å²) in [6, 6.07) is 23.0. The third kappa shape index (κ3) is 5.69. The Morgan fingerprint density at radius 2 is 1.68 bits per heavy atom. The average molecular weight is 495 g/mol. The molecular weight excluding hydrogens is 467 g/mol. The predicted octanol–water partition coefficient (Wildman–Crippen LogP) is 8.49. The number of esters is 1. The molecule has 4 rings (SSSR count). The molecule has 0 radical (unpaired) electrons. The molecule has 4 nitrogen and oxygen atoms in total. The molecule has 2 atom stereocenters. The number of rotatable bonds is 7. The van der Waals surface area contributed by atoms with Crippen LogP contribution in [-0.4, -0.2) is 11.0 Å². The summed E-state index contributed by atoms with van der Waals surface area (Å²) in [5.74, 6) is 0.0870. The Morgan fingerprint density at radius 1 is 0.971 bits per heavy atom. The zero-order chi connectivity index (χ0) is 23.4. The molecule has 34 heavy (non-hydrogen) atoms. The second-order valence-electron chi connectivity index (χ2n) is 8.21. The van der Waals surface area contributed by atoms with Gasteiger partial charge in [0.1, 0.15) is 6.10 Å². The minimum Gasteiger partial charge on any atom is -0.454 e. The van der Waals surface area contributed by atoms with Crippen molar-refractivity contribution in [3.05, 3.63) is 101 Å². The topological polar surface area (TPSA) is 51.2 Å². The number of hydrogen-bond acceptors (Lipinski definition) is 4. The molecule has 176 valence electrons. The first-order valence-corrected chi connectivity index (χ1v) is 11.5. The first kappa shape index (κ1) is 25.5. The van der Waals surface area contributed by atoms with E-state index in [0.717, 1.165) is 28.6 Å². The summed E-state index contributed by atoms with van der Waals surface area (Å²) in [5, 5.41) is 5.07. The van der Waals surface area contributed by atoms with E-state index in [9.17, 15) is 4.79 Å². The summed E-state index contributed by atoms with van der Waals surface area (Å²) in [5.41, 5.74) is 5.13. The fraction of sp³-hybridized carbons (Fsp3) is 0.214. The highest BCUT2D eigenvalue weighted by atomic mass is 35.5. The first-order chi connectivity index (χ1) is 16.0. The van der Waals surface area contributed by atoms with Gasteiger partial charge in [-0.05, 0) is 66.8 Å². The standard InChI is InChI=1S/C28H27ClN2O2.ClH/c1-4-18(2)21-11-14-23-26(15-16-30-27(23)17-21)31-25-8-6-5-7-24(25)28(32)33-19(3)20-9-12-22(29)13-10-20;/h5-19H,4H2,1-3H3,(H,30,31);1H. The van der Waals surface area contributed by atoms with Crippen molar-refractivity contribution in [3.8, 4) is 0 Å². The smallest absolute Gasteiger partial charge is 0.340 e. The lowest BCUT2D eigenvalue weighted by Crippen LogP contribution is -2.11. The Morgan fingerprint density at radius 3 is 2.41 bits per heavy atom. The van der Waals surface area contributed by atoms with E-state index in [2.05, 4.69) is 42.3 Å². The van der Waals surface area contributed by atoms with Crippen molar-refractivity contribution in [3.63, 3.8) is 0 Å². The first-order valence-electron chi connectivity index (χ1n) is 11.2. The maximum absolute atomic E-state index is 13.0. The van der Waals surface area contributed by atoms with Gasteiger partial charge in [0.15, 0.2) is 0 Å². The zero-order valence-corrected chi connectivity index (χ0v) is 21.0. The van der Waals surface area contributed by atoms with Gasteiger partial charge in [-0.1, -0.05) is 61.8 Å². The lowest BCUT2D eigenvalue weighted by atomic mass is 9.97. The molecule has 0 saturated carbocycles. The number of carbonyl (C=O) groups excluding carboxylic acids is 1. The summed E-state index contributed by atoms with van der Waals surface area (Å²) in [6.07, 6.45) is 2.46. The highest BCUT2D eigenvalue weighted by Gasteiger charge is 2.18. The molecule has 0 fully saturated rings. The molecule has 1 N–H and O–H groups in total. The summed E-state index contributed by atoms with van der Waals surface area (Å²) in [6.45, 7) is 6.25. The third-order valence-corrected chi connectivity index (χ3v) is 6.24. The lowest BCUT2D eigenvalue weighted by Gasteiger charge is -2.17. The molecular formula is C28H28Cl2N2O2. The van der Waals surface area contributed by atoms with Crippen molar-refractivity contribution < 1.29 is 9.53 Å². The number of halogens is 2. The van der Waals surface area contributed by atoms with Gasteiger partial charge in [-0.3, -0.25) is 4.98 Å². The minimum atomic E-state index is -0.399. The summed E-state index contributed by atoms with van der Waals surface area (Å²) < 4.78 is 5.75. The van der Waals surface area contributed by atoms with E-state index in [-0.39, 0.29) is 12.4 Å². The largest absolute Gasteiger partial charge is 0.454 e. The number of ether oxygens (including phenoxy) is 1. The molecule has 0 amide bonds. The maximum Gasteiger partial charge on any atom is 0.340 e. The molecule has 1 heterocycles. The second kappa shape index (κ2) is 11.4. The fourth-order valence-electron chi connectivity index (χ4n) is 3.76. The van der Waals surface area contributed by atoms with Gasteiger partial charge in [-0.15, -0.1) is 12.4 Å². The number of pyridine rings is 1. The maximum atomic E-state index is 13.0. The number of nitrogens with zero attached hydrogens (tertiary/aromatic N) is 1. The van der Waals surface area contributed by atoms with E-state index in [0.29, 0.717) is 22.2 Å². The van der Waals surface area contributed by atoms with Crippen molar-refractivity contribution in [2.75, 3.05) is 5.32 Å². The van der Waals surface area contributed by atoms with E-state index >= 15 is 0 Å². The van der Waals surface area contributed by atoms with E-state index < -0.39 is 12.1 Å². The van der Waals surface area contributed by atoms with Crippen molar-refractivity contribution in [1.29, 1.82) is 0 Å². The van der Waals surface area contributed by atoms with E-state index in [1.807, 2.05) is 43.3 Å². The number of benzene rings is 3. The molecule has 1 aromatic heterocycles. The summed E-state index contributed by atoms with van der Waals surface area (Å²) >= 11 is 5.97. The van der Waals surface area contributed by atoms with Crippen molar-refractivity contribution in [2.24, 2.45) is 0 Å². The van der Waals surface area contributed by atoms with Gasteiger partial charge < -0.3 is 10.1 Å². The van der Waals surface area contributed by atoms with Gasteiger partial charge in [-0.2, -0.15) is 0 Å². The van der Waals surface area contributed by atoms with Gasteiger partial charge in [0.25, 0.3) is 0 Å². The van der Waals surface area contributed by atoms with Gasteiger partial charge in [-0.25, -0.2) is 4.79 Å². The van der Waals surface area contributed by atoms with E-state index in [1.165, 1.54) is 5.56 Å². The number of hydrogen-bond donors (Lipinski definition) is 1. The zero-order valence-electron chi connectivity index (χ0n) is 19.4. The van der Waals surface area contributed by atoms with Gasteiger partial charge >= 0.3 is 5.97 Å². The van der Waals surface area contributed by atoms with E-state index in [4.69, 9.17) is 16.3 Å². The Balaban J connectivity index is 0.00000324. The van der Waals surface area contributed by atoms with Gasteiger partial charge in [0, 0.05) is 22.3 Å². The number of anilines is 2. The number of carbonyl (C=O) groups is 1. The Labute approximate surface area is 211 Å². The molecule has 0 bridgehead atoms. The fourth-order valence-corrected chi connectivity index (χ4v) is 3.88. The van der Waals surface area contributed by atoms with Crippen molar-refractivity contribution in [1.82, 2.24) is 4.98 Å². The lowest BCUT2D eigenvalue weighted by molar-refractivity contribution is 0.0339. The van der Waals surface area contributed by atoms with Crippen LogP contribution in [0.25, 0.3) is 10.9 Å². The third-order valence-electron chi connectivity index (χ3n) is 5.99. The molecule has 0 aliphatic heterocycles. The molecule has 0 spiro atoms. The van der Waals surface area contributed by atoms with Crippen molar-refractivity contribution in [2.45, 2.75) is 39.2 Å². The molecule has 0 saturated heterocycles. The Bertz CT molecular complexity index is 1280. The van der Waals surface area contributed by atoms with Crippen LogP contribution in [0.15, 0.2) is 79.0 Å². The second-order valence-corrected chi connectivity index (χ2v) is 8.65. The van der Waals surface area contributed by atoms with Crippen LogP contribution in [0.1, 0.15) is 60.7 Å². The van der Waals surface area contributed by atoms with Crippen LogP contribution in [0.5, 0.6) is 0 Å². The molecule has 0 aliphatic rings. The minimum absolute atomic E-state index is 0. The molecule has 3 aromatic carbocycles. The van der Waals surface area contributed by atoms with Gasteiger partial charge in [0.2, 0.25) is 0 Å². The van der Waals surface area contributed by atoms with Gasteiger partial charge in [0.05, 0.1) is 16.8 Å². The van der Waals surface area contributed by atoms with Crippen LogP contribution < -0.4 is 5.32 Å². The highest BCUT2D eigenvalue weighted by molar-refractivity contribution is 6.30. The molecule has 6 heteroatoms.